The van der Waals surface area contributed by atoms with Crippen LogP contribution in [0.4, 0.5) is 0 Å². The first kappa shape index (κ1) is 18.9. The number of carbonyl (C=O) groups excluding carboxylic acids is 2. The van der Waals surface area contributed by atoms with Crippen LogP contribution in [0.2, 0.25) is 0 Å². The average molecular weight is 316 g/mol. The van der Waals surface area contributed by atoms with E-state index in [2.05, 4.69) is 0 Å². The quantitative estimate of drug-likeness (QED) is 0.331. The van der Waals surface area contributed by atoms with Crippen molar-refractivity contribution in [3.63, 3.8) is 0 Å². The molecule has 0 saturated heterocycles. The molecule has 128 valence electrons. The maximum absolute atomic E-state index is 12.6. The fourth-order valence-electron chi connectivity index (χ4n) is 2.65. The van der Waals surface area contributed by atoms with Gasteiger partial charge in [-0.05, 0) is 46.5 Å². The highest BCUT2D eigenvalue weighted by Crippen LogP contribution is 2.50. The van der Waals surface area contributed by atoms with E-state index in [0.717, 1.165) is 12.8 Å². The summed E-state index contributed by atoms with van der Waals surface area (Å²) in [4.78, 5) is 25.1. The maximum atomic E-state index is 12.6. The summed E-state index contributed by atoms with van der Waals surface area (Å²) < 4.78 is 21.4. The number of ether oxygens (including phenoxy) is 4. The highest BCUT2D eigenvalue weighted by Gasteiger charge is 2.60. The van der Waals surface area contributed by atoms with Crippen molar-refractivity contribution in [2.45, 2.75) is 53.2 Å². The zero-order valence-corrected chi connectivity index (χ0v) is 14.1. The smallest absolute Gasteiger partial charge is 0.323 e. The van der Waals surface area contributed by atoms with Gasteiger partial charge in [0.2, 0.25) is 0 Å². The molecular formula is C16H28O6. The van der Waals surface area contributed by atoms with Crippen molar-refractivity contribution in [3.8, 4) is 0 Å². The van der Waals surface area contributed by atoms with Gasteiger partial charge in [0.1, 0.15) is 0 Å². The molecular weight excluding hydrogens is 288 g/mol. The van der Waals surface area contributed by atoms with Gasteiger partial charge >= 0.3 is 11.9 Å². The Balaban J connectivity index is 3.05. The van der Waals surface area contributed by atoms with Crippen molar-refractivity contribution in [3.05, 3.63) is 0 Å². The van der Waals surface area contributed by atoms with Gasteiger partial charge in [-0.15, -0.1) is 0 Å². The molecule has 6 heteroatoms. The molecule has 0 N–H and O–H groups in total. The van der Waals surface area contributed by atoms with Crippen molar-refractivity contribution < 1.29 is 28.5 Å². The summed E-state index contributed by atoms with van der Waals surface area (Å²) >= 11 is 0. The van der Waals surface area contributed by atoms with Crippen LogP contribution in [0.25, 0.3) is 0 Å². The van der Waals surface area contributed by atoms with Gasteiger partial charge in [-0.3, -0.25) is 9.59 Å². The Kier molecular flexibility index (Phi) is 7.82. The molecule has 1 rings (SSSR count). The van der Waals surface area contributed by atoms with Crippen molar-refractivity contribution >= 4 is 11.9 Å². The maximum Gasteiger partial charge on any atom is 0.323 e. The predicted octanol–water partition coefficient (Wildman–Crippen LogP) is 2.30. The van der Waals surface area contributed by atoms with Crippen LogP contribution in [0.15, 0.2) is 0 Å². The molecule has 0 amide bonds. The van der Waals surface area contributed by atoms with E-state index in [9.17, 15) is 9.59 Å². The zero-order chi connectivity index (χ0) is 16.6. The van der Waals surface area contributed by atoms with Crippen molar-refractivity contribution in [1.29, 1.82) is 0 Å². The lowest BCUT2D eigenvalue weighted by Crippen LogP contribution is -2.47. The number of hydrogen-bond donors (Lipinski definition) is 0. The first-order valence-corrected chi connectivity index (χ1v) is 8.14. The molecule has 0 aliphatic heterocycles. The van der Waals surface area contributed by atoms with Crippen LogP contribution < -0.4 is 0 Å². The SMILES string of the molecule is CCOC(=O)C(CC(OCC)OCC)(C(=O)OCC)C1CC1. The molecule has 22 heavy (non-hydrogen) atoms. The number of carbonyl (C=O) groups is 2. The van der Waals surface area contributed by atoms with Crippen LogP contribution >= 0.6 is 0 Å². The average Bonchev–Trinajstić information content (AvgIpc) is 3.30. The topological polar surface area (TPSA) is 71.1 Å². The molecule has 1 aliphatic rings. The standard InChI is InChI=1S/C16H28O6/c1-5-19-13(20-6-2)11-16(12-9-10-12,14(17)21-7-3)15(18)22-8-4/h12-13H,5-11H2,1-4H3. The van der Waals surface area contributed by atoms with Crippen molar-refractivity contribution in [2.24, 2.45) is 11.3 Å². The first-order valence-electron chi connectivity index (χ1n) is 8.14. The van der Waals surface area contributed by atoms with E-state index < -0.39 is 23.6 Å². The van der Waals surface area contributed by atoms with Gasteiger partial charge in [0.25, 0.3) is 0 Å². The number of esters is 2. The Bertz CT molecular complexity index is 340. The van der Waals surface area contributed by atoms with Crippen molar-refractivity contribution in [2.75, 3.05) is 26.4 Å². The molecule has 0 aromatic heterocycles. The Morgan fingerprint density at radius 2 is 1.36 bits per heavy atom. The molecule has 0 aromatic carbocycles. The molecule has 0 heterocycles. The van der Waals surface area contributed by atoms with E-state index in [0.29, 0.717) is 13.2 Å². The van der Waals surface area contributed by atoms with E-state index in [1.165, 1.54) is 0 Å². The molecule has 6 nitrogen and oxygen atoms in total. The third kappa shape index (κ3) is 4.43. The highest BCUT2D eigenvalue weighted by atomic mass is 16.7. The van der Waals surface area contributed by atoms with E-state index in [1.807, 2.05) is 13.8 Å². The normalized spacial score (nSPS) is 15.0. The predicted molar refractivity (Wildman–Crippen MR) is 80.1 cm³/mol. The Labute approximate surface area is 132 Å². The van der Waals surface area contributed by atoms with E-state index in [4.69, 9.17) is 18.9 Å². The lowest BCUT2D eigenvalue weighted by molar-refractivity contribution is -0.193. The summed E-state index contributed by atoms with van der Waals surface area (Å²) in [5.74, 6) is -1.12. The van der Waals surface area contributed by atoms with Crippen LogP contribution in [0.3, 0.4) is 0 Å². The second-order valence-corrected chi connectivity index (χ2v) is 5.23. The minimum absolute atomic E-state index is 0.0611. The van der Waals surface area contributed by atoms with E-state index in [-0.39, 0.29) is 25.6 Å². The number of hydrogen-bond acceptors (Lipinski definition) is 6. The Morgan fingerprint density at radius 1 is 0.909 bits per heavy atom. The van der Waals surface area contributed by atoms with Gasteiger partial charge in [-0.1, -0.05) is 0 Å². The van der Waals surface area contributed by atoms with E-state index >= 15 is 0 Å². The fourth-order valence-corrected chi connectivity index (χ4v) is 2.65. The third-order valence-corrected chi connectivity index (χ3v) is 3.75. The second kappa shape index (κ2) is 9.10. The molecule has 0 radical (unpaired) electrons. The van der Waals surface area contributed by atoms with Gasteiger partial charge in [0, 0.05) is 19.6 Å². The Hall–Kier alpha value is -1.14. The Morgan fingerprint density at radius 3 is 1.68 bits per heavy atom. The summed E-state index contributed by atoms with van der Waals surface area (Å²) in [6, 6.07) is 0. The summed E-state index contributed by atoms with van der Waals surface area (Å²) in [7, 11) is 0. The van der Waals surface area contributed by atoms with Crippen molar-refractivity contribution in [1.82, 2.24) is 0 Å². The van der Waals surface area contributed by atoms with Crippen LogP contribution in [0.5, 0.6) is 0 Å². The van der Waals surface area contributed by atoms with Gasteiger partial charge in [0.15, 0.2) is 11.7 Å². The van der Waals surface area contributed by atoms with Crippen LogP contribution in [-0.2, 0) is 28.5 Å². The monoisotopic (exact) mass is 316 g/mol. The minimum Gasteiger partial charge on any atom is -0.465 e. The first-order chi connectivity index (χ1) is 10.6. The molecule has 1 aliphatic carbocycles. The van der Waals surface area contributed by atoms with Gasteiger partial charge < -0.3 is 18.9 Å². The third-order valence-electron chi connectivity index (χ3n) is 3.75. The molecule has 0 unspecified atom stereocenters. The molecule has 0 atom stereocenters. The summed E-state index contributed by atoms with van der Waals surface area (Å²) in [6.45, 7) is 8.47. The fraction of sp³-hybridized carbons (Fsp3) is 0.875. The lowest BCUT2D eigenvalue weighted by atomic mass is 9.78. The zero-order valence-electron chi connectivity index (χ0n) is 14.1. The molecule has 0 spiro atoms. The molecule has 0 aromatic rings. The summed E-state index contributed by atoms with van der Waals surface area (Å²) in [6.07, 6.45) is 1.13. The van der Waals surface area contributed by atoms with Gasteiger partial charge in [-0.2, -0.15) is 0 Å². The largest absolute Gasteiger partial charge is 0.465 e. The summed E-state index contributed by atoms with van der Waals surface area (Å²) in [5, 5.41) is 0. The number of rotatable bonds is 11. The minimum atomic E-state index is -1.32. The molecule has 1 saturated carbocycles. The molecule has 1 fully saturated rings. The van der Waals surface area contributed by atoms with Gasteiger partial charge in [-0.25, -0.2) is 0 Å². The second-order valence-electron chi connectivity index (χ2n) is 5.23. The summed E-state index contributed by atoms with van der Waals surface area (Å²) in [5.41, 5.74) is -1.32. The van der Waals surface area contributed by atoms with Crippen LogP contribution in [0, 0.1) is 11.3 Å². The lowest BCUT2D eigenvalue weighted by Gasteiger charge is -2.32. The molecule has 0 bridgehead atoms. The van der Waals surface area contributed by atoms with Gasteiger partial charge in [0.05, 0.1) is 13.2 Å². The van der Waals surface area contributed by atoms with Crippen LogP contribution in [-0.4, -0.2) is 44.7 Å². The highest BCUT2D eigenvalue weighted by molar-refractivity contribution is 6.01. The van der Waals surface area contributed by atoms with Crippen LogP contribution in [0.1, 0.15) is 47.0 Å². The van der Waals surface area contributed by atoms with E-state index in [1.54, 1.807) is 13.8 Å².